The molecule has 2 heterocycles. The van der Waals surface area contributed by atoms with E-state index >= 15 is 0 Å². The molecule has 3 nitrogen and oxygen atoms in total. The van der Waals surface area contributed by atoms with Gasteiger partial charge in [-0.1, -0.05) is 6.07 Å². The van der Waals surface area contributed by atoms with Crippen molar-refractivity contribution in [2.45, 2.75) is 0 Å². The Labute approximate surface area is 83.4 Å². The van der Waals surface area contributed by atoms with E-state index in [0.29, 0.717) is 5.69 Å². The largest absolute Gasteiger partial charge is 0.382 e. The van der Waals surface area contributed by atoms with Gasteiger partial charge in [-0.2, -0.15) is 0 Å². The van der Waals surface area contributed by atoms with Crippen LogP contribution in [0.15, 0.2) is 22.9 Å². The van der Waals surface area contributed by atoms with Gasteiger partial charge in [0.15, 0.2) is 0 Å². The molecular weight excluding hydrogens is 202 g/mol. The maximum absolute atomic E-state index is 7.20. The van der Waals surface area contributed by atoms with Crippen molar-refractivity contribution in [2.24, 2.45) is 5.73 Å². The Balaban J connectivity index is 2.39. The van der Waals surface area contributed by atoms with Gasteiger partial charge < -0.3 is 5.73 Å². The number of nitrogens with two attached hydrogens (primary N) is 1. The van der Waals surface area contributed by atoms with Crippen LogP contribution in [0.4, 0.5) is 0 Å². The molecule has 0 radical (unpaired) electrons. The Kier molecular flexibility index (Phi) is 2.12. The molecular formula is C8H7N3S2. The molecule has 13 heavy (non-hydrogen) atoms. The minimum atomic E-state index is 0.0269. The third kappa shape index (κ3) is 1.61. The molecule has 0 spiro atoms. The van der Waals surface area contributed by atoms with E-state index in [1.54, 1.807) is 16.7 Å². The summed E-state index contributed by atoms with van der Waals surface area (Å²) >= 11 is 3.15. The first-order chi connectivity index (χ1) is 6.27. The van der Waals surface area contributed by atoms with E-state index < -0.39 is 0 Å². The lowest BCUT2D eigenvalue weighted by Gasteiger charge is -1.88. The number of amidine groups is 1. The maximum atomic E-state index is 7.20. The fourth-order valence-corrected chi connectivity index (χ4v) is 2.55. The number of nitrogen functional groups attached to an aromatic ring is 1. The van der Waals surface area contributed by atoms with Crippen LogP contribution in [0, 0.1) is 5.41 Å². The number of nitrogens with zero attached hydrogens (tertiary/aromatic N) is 1. The molecule has 0 aliphatic carbocycles. The first kappa shape index (κ1) is 8.40. The van der Waals surface area contributed by atoms with E-state index in [2.05, 4.69) is 4.98 Å². The second-order valence-corrected chi connectivity index (χ2v) is 4.23. The van der Waals surface area contributed by atoms with Crippen LogP contribution in [0.2, 0.25) is 0 Å². The molecule has 66 valence electrons. The van der Waals surface area contributed by atoms with Gasteiger partial charge in [0.05, 0.1) is 4.88 Å². The molecule has 0 aliphatic rings. The zero-order chi connectivity index (χ0) is 9.26. The second kappa shape index (κ2) is 3.27. The summed E-state index contributed by atoms with van der Waals surface area (Å²) in [5, 5.41) is 11.9. The summed E-state index contributed by atoms with van der Waals surface area (Å²) in [6.45, 7) is 0. The highest BCUT2D eigenvalue weighted by molar-refractivity contribution is 7.20. The van der Waals surface area contributed by atoms with Crippen molar-refractivity contribution in [2.75, 3.05) is 0 Å². The smallest absolute Gasteiger partial charge is 0.142 e. The quantitative estimate of drug-likeness (QED) is 0.588. The lowest BCUT2D eigenvalue weighted by Crippen LogP contribution is -2.10. The van der Waals surface area contributed by atoms with Crippen LogP contribution in [-0.4, -0.2) is 10.8 Å². The van der Waals surface area contributed by atoms with E-state index in [4.69, 9.17) is 11.1 Å². The topological polar surface area (TPSA) is 62.8 Å². The van der Waals surface area contributed by atoms with Crippen molar-refractivity contribution in [3.63, 3.8) is 0 Å². The van der Waals surface area contributed by atoms with Gasteiger partial charge in [-0.15, -0.1) is 22.7 Å². The van der Waals surface area contributed by atoms with Crippen LogP contribution in [-0.2, 0) is 0 Å². The van der Waals surface area contributed by atoms with Crippen LogP contribution in [0.3, 0.4) is 0 Å². The third-order valence-corrected chi connectivity index (χ3v) is 3.39. The number of rotatable bonds is 2. The molecule has 5 heteroatoms. The Morgan fingerprint density at radius 3 is 2.85 bits per heavy atom. The summed E-state index contributed by atoms with van der Waals surface area (Å²) in [5.41, 5.74) is 5.87. The molecule has 2 rings (SSSR count). The third-order valence-electron chi connectivity index (χ3n) is 1.51. The average molecular weight is 209 g/mol. The van der Waals surface area contributed by atoms with Gasteiger partial charge >= 0.3 is 0 Å². The first-order valence-corrected chi connectivity index (χ1v) is 5.37. The van der Waals surface area contributed by atoms with Crippen LogP contribution < -0.4 is 5.73 Å². The van der Waals surface area contributed by atoms with Crippen LogP contribution in [0.25, 0.3) is 9.88 Å². The second-order valence-electron chi connectivity index (χ2n) is 2.43. The molecule has 0 amide bonds. The van der Waals surface area contributed by atoms with Crippen LogP contribution >= 0.6 is 22.7 Å². The highest BCUT2D eigenvalue weighted by Gasteiger charge is 2.06. The summed E-state index contributed by atoms with van der Waals surface area (Å²) < 4.78 is 0. The number of nitrogens with one attached hydrogen (secondary N) is 1. The summed E-state index contributed by atoms with van der Waals surface area (Å²) in [4.78, 5) is 5.35. The molecule has 0 bridgehead atoms. The Bertz CT molecular complexity index is 416. The Morgan fingerprint density at radius 1 is 1.46 bits per heavy atom. The minimum absolute atomic E-state index is 0.0269. The molecule has 2 aromatic heterocycles. The van der Waals surface area contributed by atoms with Gasteiger partial charge in [0.1, 0.15) is 16.5 Å². The molecule has 0 saturated heterocycles. The van der Waals surface area contributed by atoms with Gasteiger partial charge in [0.2, 0.25) is 0 Å². The van der Waals surface area contributed by atoms with Crippen molar-refractivity contribution in [3.05, 3.63) is 28.6 Å². The highest BCUT2D eigenvalue weighted by Crippen LogP contribution is 2.27. The Hall–Kier alpha value is -1.20. The number of thiazole rings is 1. The van der Waals surface area contributed by atoms with Gasteiger partial charge in [0.25, 0.3) is 0 Å². The van der Waals surface area contributed by atoms with E-state index in [1.165, 1.54) is 11.3 Å². The number of aromatic nitrogens is 1. The maximum Gasteiger partial charge on any atom is 0.142 e. The van der Waals surface area contributed by atoms with Gasteiger partial charge in [-0.25, -0.2) is 4.98 Å². The molecule has 2 aromatic rings. The van der Waals surface area contributed by atoms with Gasteiger partial charge in [-0.3, -0.25) is 5.41 Å². The highest BCUT2D eigenvalue weighted by atomic mass is 32.1. The summed E-state index contributed by atoms with van der Waals surface area (Å²) in [6, 6.07) is 3.99. The minimum Gasteiger partial charge on any atom is -0.382 e. The molecule has 0 aromatic carbocycles. The van der Waals surface area contributed by atoms with Crippen molar-refractivity contribution < 1.29 is 0 Å². The molecule has 0 unspecified atom stereocenters. The van der Waals surface area contributed by atoms with Gasteiger partial charge in [-0.05, 0) is 11.4 Å². The summed E-state index contributed by atoms with van der Waals surface area (Å²) in [6.07, 6.45) is 0. The molecule has 0 aliphatic heterocycles. The predicted octanol–water partition coefficient (Wildman–Crippen LogP) is 2.16. The first-order valence-electron chi connectivity index (χ1n) is 3.61. The van der Waals surface area contributed by atoms with E-state index in [-0.39, 0.29) is 5.84 Å². The number of hydrogen-bond donors (Lipinski definition) is 2. The summed E-state index contributed by atoms with van der Waals surface area (Å²) in [5.74, 6) is 0.0269. The molecule has 0 fully saturated rings. The normalized spacial score (nSPS) is 10.2. The predicted molar refractivity (Wildman–Crippen MR) is 56.4 cm³/mol. The zero-order valence-corrected chi connectivity index (χ0v) is 8.28. The van der Waals surface area contributed by atoms with Gasteiger partial charge in [0, 0.05) is 5.38 Å². The number of thiophene rings is 1. The van der Waals surface area contributed by atoms with Crippen LogP contribution in [0.1, 0.15) is 5.69 Å². The fourth-order valence-electron chi connectivity index (χ4n) is 0.911. The monoisotopic (exact) mass is 209 g/mol. The zero-order valence-electron chi connectivity index (χ0n) is 6.65. The summed E-state index contributed by atoms with van der Waals surface area (Å²) in [7, 11) is 0. The SMILES string of the molecule is N=C(N)c1csc(-c2cccs2)n1. The molecule has 3 N–H and O–H groups in total. The molecule has 0 atom stereocenters. The van der Waals surface area contributed by atoms with Crippen molar-refractivity contribution in [1.29, 1.82) is 5.41 Å². The standard InChI is InChI=1S/C8H7N3S2/c9-7(10)5-4-13-8(11-5)6-2-1-3-12-6/h1-4H,(H3,9,10). The fraction of sp³-hybridized carbons (Fsp3) is 0. The van der Waals surface area contributed by atoms with Crippen molar-refractivity contribution >= 4 is 28.5 Å². The van der Waals surface area contributed by atoms with Crippen molar-refractivity contribution in [1.82, 2.24) is 4.98 Å². The lowest BCUT2D eigenvalue weighted by molar-refractivity contribution is 1.32. The van der Waals surface area contributed by atoms with E-state index in [9.17, 15) is 0 Å². The number of hydrogen-bond acceptors (Lipinski definition) is 4. The Morgan fingerprint density at radius 2 is 2.31 bits per heavy atom. The lowest BCUT2D eigenvalue weighted by atomic mass is 10.4. The van der Waals surface area contributed by atoms with E-state index in [0.717, 1.165) is 9.88 Å². The van der Waals surface area contributed by atoms with Crippen LogP contribution in [0.5, 0.6) is 0 Å². The average Bonchev–Trinajstić information content (AvgIpc) is 2.75. The van der Waals surface area contributed by atoms with E-state index in [1.807, 2.05) is 17.5 Å². The molecule has 0 saturated carbocycles. The van der Waals surface area contributed by atoms with Crippen molar-refractivity contribution in [3.8, 4) is 9.88 Å².